The first-order valence-electron chi connectivity index (χ1n) is 3.71. The van der Waals surface area contributed by atoms with E-state index in [4.69, 9.17) is 0 Å². The van der Waals surface area contributed by atoms with Gasteiger partial charge in [-0.2, -0.15) is 0 Å². The van der Waals surface area contributed by atoms with E-state index < -0.39 is 10.7 Å². The van der Waals surface area contributed by atoms with Crippen LogP contribution in [0.4, 0.5) is 5.69 Å². The molecule has 0 N–H and O–H groups in total. The first-order chi connectivity index (χ1) is 6.65. The molecular formula is C8H6N2O4. The molecule has 0 fully saturated rings. The number of hydrogen-bond donors (Lipinski definition) is 0. The average Bonchev–Trinajstić information content (AvgIpc) is 2.18. The van der Waals surface area contributed by atoms with Gasteiger partial charge >= 0.3 is 0 Å². The van der Waals surface area contributed by atoms with E-state index in [1.165, 1.54) is 18.3 Å². The molecule has 0 radical (unpaired) electrons. The molecule has 0 aliphatic rings. The Morgan fingerprint density at radius 1 is 1.64 bits per heavy atom. The minimum Gasteiger partial charge on any atom is -0.295 e. The molecule has 0 amide bonds. The van der Waals surface area contributed by atoms with Crippen LogP contribution in [0.5, 0.6) is 0 Å². The van der Waals surface area contributed by atoms with Crippen molar-refractivity contribution in [2.75, 3.05) is 0 Å². The quantitative estimate of drug-likeness (QED) is 0.297. The SMILES string of the molecule is O=CC(=O)Cc1ncccc1[N+](=O)[O-]. The van der Waals surface area contributed by atoms with E-state index in [0.717, 1.165) is 0 Å². The Morgan fingerprint density at radius 2 is 2.36 bits per heavy atom. The topological polar surface area (TPSA) is 90.2 Å². The molecule has 6 nitrogen and oxygen atoms in total. The first kappa shape index (κ1) is 9.97. The maximum atomic E-state index is 10.7. The van der Waals surface area contributed by atoms with Crippen molar-refractivity contribution < 1.29 is 14.5 Å². The van der Waals surface area contributed by atoms with Crippen molar-refractivity contribution in [1.82, 2.24) is 4.98 Å². The van der Waals surface area contributed by atoms with E-state index in [-0.39, 0.29) is 24.1 Å². The van der Waals surface area contributed by atoms with E-state index in [1.807, 2.05) is 0 Å². The highest BCUT2D eigenvalue weighted by atomic mass is 16.6. The fourth-order valence-electron chi connectivity index (χ4n) is 0.939. The van der Waals surface area contributed by atoms with Gasteiger partial charge in [-0.25, -0.2) is 0 Å². The molecule has 0 bridgehead atoms. The van der Waals surface area contributed by atoms with Crippen molar-refractivity contribution in [3.8, 4) is 0 Å². The minimum absolute atomic E-state index is 0.00889. The summed E-state index contributed by atoms with van der Waals surface area (Å²) in [5.41, 5.74) is -0.239. The number of aromatic nitrogens is 1. The molecule has 1 aromatic heterocycles. The zero-order valence-corrected chi connectivity index (χ0v) is 7.04. The molecule has 14 heavy (non-hydrogen) atoms. The number of hydrogen-bond acceptors (Lipinski definition) is 5. The number of carbonyl (C=O) groups is 2. The summed E-state index contributed by atoms with van der Waals surface area (Å²) in [5.74, 6) is -0.730. The predicted octanol–water partition coefficient (Wildman–Crippen LogP) is 0.300. The summed E-state index contributed by atoms with van der Waals surface area (Å²) in [6, 6.07) is 2.63. The van der Waals surface area contributed by atoms with E-state index in [1.54, 1.807) is 0 Å². The largest absolute Gasteiger partial charge is 0.295 e. The minimum atomic E-state index is -0.730. The van der Waals surface area contributed by atoms with Gasteiger partial charge in [-0.3, -0.25) is 24.7 Å². The Hall–Kier alpha value is -2.11. The monoisotopic (exact) mass is 194 g/mol. The van der Waals surface area contributed by atoms with Gasteiger partial charge in [0.05, 0.1) is 11.3 Å². The highest BCUT2D eigenvalue weighted by molar-refractivity contribution is 6.25. The molecule has 0 saturated carbocycles. The van der Waals surface area contributed by atoms with Crippen LogP contribution in [0.15, 0.2) is 18.3 Å². The number of ketones is 1. The molecule has 0 aliphatic carbocycles. The second kappa shape index (κ2) is 4.22. The highest BCUT2D eigenvalue weighted by Gasteiger charge is 2.16. The van der Waals surface area contributed by atoms with Crippen LogP contribution >= 0.6 is 0 Å². The van der Waals surface area contributed by atoms with Gasteiger partial charge in [-0.1, -0.05) is 0 Å². The van der Waals surface area contributed by atoms with Crippen LogP contribution in [0.3, 0.4) is 0 Å². The third kappa shape index (κ3) is 2.19. The molecule has 1 aromatic rings. The van der Waals surface area contributed by atoms with Crippen LogP contribution in [0.25, 0.3) is 0 Å². The summed E-state index contributed by atoms with van der Waals surface area (Å²) in [4.78, 5) is 34.3. The van der Waals surface area contributed by atoms with Gasteiger partial charge in [0.1, 0.15) is 5.69 Å². The number of aldehydes is 1. The normalized spacial score (nSPS) is 9.43. The average molecular weight is 194 g/mol. The third-order valence-corrected chi connectivity index (χ3v) is 1.54. The summed E-state index contributed by atoms with van der Waals surface area (Å²) < 4.78 is 0. The Kier molecular flexibility index (Phi) is 3.01. The summed E-state index contributed by atoms with van der Waals surface area (Å²) >= 11 is 0. The van der Waals surface area contributed by atoms with Gasteiger partial charge in [0.25, 0.3) is 5.69 Å². The second-order valence-corrected chi connectivity index (χ2v) is 2.49. The molecule has 0 unspecified atom stereocenters. The third-order valence-electron chi connectivity index (χ3n) is 1.54. The Morgan fingerprint density at radius 3 is 2.93 bits per heavy atom. The van der Waals surface area contributed by atoms with Crippen molar-refractivity contribution in [2.24, 2.45) is 0 Å². The van der Waals surface area contributed by atoms with E-state index >= 15 is 0 Å². The second-order valence-electron chi connectivity index (χ2n) is 2.49. The van der Waals surface area contributed by atoms with Gasteiger partial charge in [-0.05, 0) is 6.07 Å². The smallest absolute Gasteiger partial charge is 0.291 e. The molecule has 0 aliphatic heterocycles. The van der Waals surface area contributed by atoms with Crippen LogP contribution in [-0.4, -0.2) is 22.0 Å². The summed E-state index contributed by atoms with van der Waals surface area (Å²) in [6.07, 6.45) is 1.12. The maximum absolute atomic E-state index is 10.7. The molecule has 1 rings (SSSR count). The number of nitro groups is 1. The van der Waals surface area contributed by atoms with Crippen molar-refractivity contribution in [3.05, 3.63) is 34.1 Å². The van der Waals surface area contributed by atoms with Gasteiger partial charge in [0, 0.05) is 12.3 Å². The molecular weight excluding hydrogens is 188 g/mol. The summed E-state index contributed by atoms with van der Waals surface area (Å²) in [6.45, 7) is 0. The Labute approximate surface area is 78.7 Å². The molecule has 72 valence electrons. The Balaban J connectivity index is 3.01. The van der Waals surface area contributed by atoms with Crippen molar-refractivity contribution in [2.45, 2.75) is 6.42 Å². The van der Waals surface area contributed by atoms with Crippen LogP contribution in [0, 0.1) is 10.1 Å². The van der Waals surface area contributed by atoms with Crippen LogP contribution in [0.2, 0.25) is 0 Å². The lowest BCUT2D eigenvalue weighted by atomic mass is 10.2. The zero-order valence-electron chi connectivity index (χ0n) is 7.04. The molecule has 0 atom stereocenters. The molecule has 0 spiro atoms. The lowest BCUT2D eigenvalue weighted by Crippen LogP contribution is -2.07. The standard InChI is InChI=1S/C8H6N2O4/c11-5-6(12)4-7-8(10(13)14)2-1-3-9-7/h1-3,5H,4H2. The van der Waals surface area contributed by atoms with E-state index in [9.17, 15) is 19.7 Å². The lowest BCUT2D eigenvalue weighted by Gasteiger charge is -1.97. The molecule has 6 heteroatoms. The number of Topliss-reactive ketones (excluding diaryl/α,β-unsaturated/α-hetero) is 1. The van der Waals surface area contributed by atoms with E-state index in [2.05, 4.69) is 4.98 Å². The maximum Gasteiger partial charge on any atom is 0.291 e. The van der Waals surface area contributed by atoms with Crippen LogP contribution in [-0.2, 0) is 16.0 Å². The summed E-state index contributed by atoms with van der Waals surface area (Å²) in [7, 11) is 0. The fourth-order valence-corrected chi connectivity index (χ4v) is 0.939. The number of nitrogens with zero attached hydrogens (tertiary/aromatic N) is 2. The molecule has 0 saturated heterocycles. The Bertz CT molecular complexity index is 389. The first-order valence-corrected chi connectivity index (χ1v) is 3.71. The van der Waals surface area contributed by atoms with Crippen molar-refractivity contribution in [1.29, 1.82) is 0 Å². The van der Waals surface area contributed by atoms with Gasteiger partial charge in [0.15, 0.2) is 6.29 Å². The number of rotatable bonds is 4. The number of carbonyl (C=O) groups excluding carboxylic acids is 2. The summed E-state index contributed by atoms with van der Waals surface area (Å²) in [5, 5.41) is 10.5. The highest BCUT2D eigenvalue weighted by Crippen LogP contribution is 2.15. The number of pyridine rings is 1. The fraction of sp³-hybridized carbons (Fsp3) is 0.125. The van der Waals surface area contributed by atoms with Crippen molar-refractivity contribution >= 4 is 17.8 Å². The zero-order chi connectivity index (χ0) is 10.6. The predicted molar refractivity (Wildman–Crippen MR) is 45.7 cm³/mol. The lowest BCUT2D eigenvalue weighted by molar-refractivity contribution is -0.385. The molecule has 1 heterocycles. The van der Waals surface area contributed by atoms with Crippen molar-refractivity contribution in [3.63, 3.8) is 0 Å². The van der Waals surface area contributed by atoms with Gasteiger partial charge in [0.2, 0.25) is 5.78 Å². The van der Waals surface area contributed by atoms with Crippen LogP contribution < -0.4 is 0 Å². The van der Waals surface area contributed by atoms with Crippen LogP contribution in [0.1, 0.15) is 5.69 Å². The van der Waals surface area contributed by atoms with Gasteiger partial charge < -0.3 is 0 Å². The van der Waals surface area contributed by atoms with E-state index in [0.29, 0.717) is 0 Å². The van der Waals surface area contributed by atoms with Gasteiger partial charge in [-0.15, -0.1) is 0 Å². The molecule has 0 aromatic carbocycles.